The molecule has 1 aromatic heterocycles. The van der Waals surface area contributed by atoms with Gasteiger partial charge in [-0.2, -0.15) is 0 Å². The highest BCUT2D eigenvalue weighted by Gasteiger charge is 2.17. The molecule has 0 unspecified atom stereocenters. The van der Waals surface area contributed by atoms with Crippen molar-refractivity contribution in [2.45, 2.75) is 26.3 Å². The minimum atomic E-state index is -1.11. The van der Waals surface area contributed by atoms with Gasteiger partial charge in [0.15, 0.2) is 11.6 Å². The zero-order valence-corrected chi connectivity index (χ0v) is 15.2. The first-order valence-corrected chi connectivity index (χ1v) is 8.94. The molecule has 1 aliphatic heterocycles. The average molecular weight is 380 g/mol. The topological polar surface area (TPSA) is 45.2 Å². The normalized spacial score (nSPS) is 15.2. The molecule has 1 aromatic carbocycles. The molecule has 0 atom stereocenters. The molecule has 1 amide bonds. The van der Waals surface area contributed by atoms with Crippen molar-refractivity contribution in [1.82, 2.24) is 10.3 Å². The molecule has 138 valence electrons. The predicted octanol–water partition coefficient (Wildman–Crippen LogP) is 4.18. The second-order valence-corrected chi connectivity index (χ2v) is 7.03. The maximum Gasteiger partial charge on any atom is 0.253 e. The lowest BCUT2D eigenvalue weighted by atomic mass is 9.99. The Morgan fingerprint density at radius 3 is 2.62 bits per heavy atom. The zero-order valence-electron chi connectivity index (χ0n) is 14.4. The van der Waals surface area contributed by atoms with Gasteiger partial charge in [0.1, 0.15) is 5.82 Å². The number of halogens is 3. The predicted molar refractivity (Wildman–Crippen MR) is 97.4 cm³/mol. The van der Waals surface area contributed by atoms with Crippen LogP contribution in [0.15, 0.2) is 30.5 Å². The molecule has 1 aliphatic rings. The summed E-state index contributed by atoms with van der Waals surface area (Å²) in [4.78, 5) is 18.8. The number of piperidine rings is 1. The van der Waals surface area contributed by atoms with Crippen LogP contribution in [0.2, 0.25) is 5.02 Å². The molecule has 4 nitrogen and oxygen atoms in total. The summed E-state index contributed by atoms with van der Waals surface area (Å²) in [6, 6.07) is 5.42. The van der Waals surface area contributed by atoms with Crippen LogP contribution in [-0.4, -0.2) is 24.0 Å². The standard InChI is InChI=1S/C19H20ClF2N3O/c1-12-4-6-25(7-5-12)18-3-2-13(10-23-18)11-24-19(26)14-8-16(21)17(22)9-15(14)20/h2-3,8-10,12H,4-7,11H2,1H3,(H,24,26). The SMILES string of the molecule is CC1CCN(c2ccc(CNC(=O)c3cc(F)c(F)cc3Cl)cn2)CC1. The third kappa shape index (κ3) is 4.30. The van der Waals surface area contributed by atoms with Gasteiger partial charge in [0, 0.05) is 25.8 Å². The van der Waals surface area contributed by atoms with E-state index in [-0.39, 0.29) is 17.1 Å². The number of amides is 1. The van der Waals surface area contributed by atoms with Crippen LogP contribution in [0.4, 0.5) is 14.6 Å². The van der Waals surface area contributed by atoms with E-state index >= 15 is 0 Å². The molecule has 2 aromatic rings. The van der Waals surface area contributed by atoms with Gasteiger partial charge in [0.05, 0.1) is 10.6 Å². The van der Waals surface area contributed by atoms with Crippen molar-refractivity contribution in [3.63, 3.8) is 0 Å². The first-order chi connectivity index (χ1) is 12.4. The van der Waals surface area contributed by atoms with E-state index in [0.717, 1.165) is 55.4 Å². The van der Waals surface area contributed by atoms with Gasteiger partial charge in [-0.05, 0) is 42.5 Å². The summed E-state index contributed by atoms with van der Waals surface area (Å²) in [5.41, 5.74) is 0.712. The van der Waals surface area contributed by atoms with Crippen molar-refractivity contribution >= 4 is 23.3 Å². The smallest absolute Gasteiger partial charge is 0.253 e. The van der Waals surface area contributed by atoms with E-state index in [0.29, 0.717) is 0 Å². The number of benzene rings is 1. The van der Waals surface area contributed by atoms with E-state index in [2.05, 4.69) is 22.1 Å². The number of hydrogen-bond donors (Lipinski definition) is 1. The molecule has 1 saturated heterocycles. The molecule has 0 radical (unpaired) electrons. The van der Waals surface area contributed by atoms with Gasteiger partial charge in [0.25, 0.3) is 5.91 Å². The summed E-state index contributed by atoms with van der Waals surface area (Å²) in [5.74, 6) is -1.08. The summed E-state index contributed by atoms with van der Waals surface area (Å²) >= 11 is 5.81. The summed E-state index contributed by atoms with van der Waals surface area (Å²) in [6.07, 6.45) is 4.03. The van der Waals surface area contributed by atoms with Crippen LogP contribution >= 0.6 is 11.6 Å². The lowest BCUT2D eigenvalue weighted by Crippen LogP contribution is -2.33. The van der Waals surface area contributed by atoms with Crippen LogP contribution in [0.5, 0.6) is 0 Å². The molecule has 1 fully saturated rings. The van der Waals surface area contributed by atoms with Gasteiger partial charge in [-0.3, -0.25) is 4.79 Å². The number of rotatable bonds is 4. The fraction of sp³-hybridized carbons (Fsp3) is 0.368. The molecule has 0 bridgehead atoms. The van der Waals surface area contributed by atoms with Crippen LogP contribution in [-0.2, 0) is 6.54 Å². The summed E-state index contributed by atoms with van der Waals surface area (Å²) < 4.78 is 26.4. The quantitative estimate of drug-likeness (QED) is 0.810. The summed E-state index contributed by atoms with van der Waals surface area (Å²) in [7, 11) is 0. The van der Waals surface area contributed by atoms with E-state index < -0.39 is 17.5 Å². The second-order valence-electron chi connectivity index (χ2n) is 6.62. The van der Waals surface area contributed by atoms with E-state index in [9.17, 15) is 13.6 Å². The minimum Gasteiger partial charge on any atom is -0.357 e. The molecule has 0 saturated carbocycles. The first kappa shape index (κ1) is 18.6. The number of carbonyl (C=O) groups is 1. The molecular formula is C19H20ClF2N3O. The molecule has 1 N–H and O–H groups in total. The summed E-state index contributed by atoms with van der Waals surface area (Å²) in [5, 5.41) is 2.51. The highest BCUT2D eigenvalue weighted by atomic mass is 35.5. The van der Waals surface area contributed by atoms with Crippen molar-refractivity contribution in [2.24, 2.45) is 5.92 Å². The molecule has 0 spiro atoms. The Morgan fingerprint density at radius 1 is 1.27 bits per heavy atom. The maximum absolute atomic E-state index is 13.3. The van der Waals surface area contributed by atoms with Crippen molar-refractivity contribution in [1.29, 1.82) is 0 Å². The lowest BCUT2D eigenvalue weighted by Gasteiger charge is -2.31. The van der Waals surface area contributed by atoms with Gasteiger partial charge in [-0.25, -0.2) is 13.8 Å². The number of aromatic nitrogens is 1. The average Bonchev–Trinajstić information content (AvgIpc) is 2.64. The number of nitrogens with zero attached hydrogens (tertiary/aromatic N) is 2. The third-order valence-electron chi connectivity index (χ3n) is 4.62. The Kier molecular flexibility index (Phi) is 5.71. The Hall–Kier alpha value is -2.21. The van der Waals surface area contributed by atoms with Crippen LogP contribution in [0.1, 0.15) is 35.7 Å². The fourth-order valence-corrected chi connectivity index (χ4v) is 3.16. The molecular weight excluding hydrogens is 360 g/mol. The highest BCUT2D eigenvalue weighted by Crippen LogP contribution is 2.22. The Balaban J connectivity index is 1.60. The van der Waals surface area contributed by atoms with E-state index in [1.54, 1.807) is 6.20 Å². The number of anilines is 1. The van der Waals surface area contributed by atoms with Gasteiger partial charge in [-0.15, -0.1) is 0 Å². The fourth-order valence-electron chi connectivity index (χ4n) is 2.92. The van der Waals surface area contributed by atoms with Crippen LogP contribution < -0.4 is 10.2 Å². The largest absolute Gasteiger partial charge is 0.357 e. The minimum absolute atomic E-state index is 0.0995. The van der Waals surface area contributed by atoms with E-state index in [1.165, 1.54) is 0 Å². The molecule has 0 aliphatic carbocycles. The first-order valence-electron chi connectivity index (χ1n) is 8.56. The van der Waals surface area contributed by atoms with Crippen molar-refractivity contribution in [3.8, 4) is 0 Å². The van der Waals surface area contributed by atoms with E-state index in [1.807, 2.05) is 12.1 Å². The second kappa shape index (κ2) is 7.99. The Labute approximate surface area is 156 Å². The van der Waals surface area contributed by atoms with Crippen molar-refractivity contribution < 1.29 is 13.6 Å². The third-order valence-corrected chi connectivity index (χ3v) is 4.94. The molecule has 3 rings (SSSR count). The lowest BCUT2D eigenvalue weighted by molar-refractivity contribution is 0.0950. The van der Waals surface area contributed by atoms with Crippen LogP contribution in [0.3, 0.4) is 0 Å². The van der Waals surface area contributed by atoms with Crippen LogP contribution in [0.25, 0.3) is 0 Å². The number of nitrogens with one attached hydrogen (secondary N) is 1. The molecule has 2 heterocycles. The summed E-state index contributed by atoms with van der Waals surface area (Å²) in [6.45, 7) is 4.48. The molecule has 26 heavy (non-hydrogen) atoms. The highest BCUT2D eigenvalue weighted by molar-refractivity contribution is 6.33. The zero-order chi connectivity index (χ0) is 18.7. The number of pyridine rings is 1. The number of carbonyl (C=O) groups excluding carboxylic acids is 1. The van der Waals surface area contributed by atoms with Crippen LogP contribution in [0, 0.1) is 17.6 Å². The van der Waals surface area contributed by atoms with Gasteiger partial charge < -0.3 is 10.2 Å². The van der Waals surface area contributed by atoms with Crippen molar-refractivity contribution in [3.05, 3.63) is 58.2 Å². The monoisotopic (exact) mass is 379 g/mol. The van der Waals surface area contributed by atoms with Crippen molar-refractivity contribution in [2.75, 3.05) is 18.0 Å². The Morgan fingerprint density at radius 2 is 1.96 bits per heavy atom. The van der Waals surface area contributed by atoms with E-state index in [4.69, 9.17) is 11.6 Å². The maximum atomic E-state index is 13.3. The Bertz CT molecular complexity index is 790. The van der Waals surface area contributed by atoms with Gasteiger partial charge >= 0.3 is 0 Å². The molecule has 7 heteroatoms. The van der Waals surface area contributed by atoms with Gasteiger partial charge in [0.2, 0.25) is 0 Å². The van der Waals surface area contributed by atoms with Gasteiger partial charge in [-0.1, -0.05) is 24.6 Å². The number of hydrogen-bond acceptors (Lipinski definition) is 3.